The Morgan fingerprint density at radius 1 is 0.971 bits per heavy atom. The van der Waals surface area contributed by atoms with E-state index in [4.69, 9.17) is 5.73 Å². The van der Waals surface area contributed by atoms with Gasteiger partial charge in [-0.25, -0.2) is 37.5 Å². The number of hydrogen-bond acceptors (Lipinski definition) is 5. The van der Waals surface area contributed by atoms with Crippen molar-refractivity contribution in [3.8, 4) is 0 Å². The summed E-state index contributed by atoms with van der Waals surface area (Å²) in [6.45, 7) is 0. The molecule has 1 unspecified atom stereocenters. The van der Waals surface area contributed by atoms with E-state index in [-0.39, 0.29) is 50.3 Å². The molecule has 0 amide bonds. The lowest BCUT2D eigenvalue weighted by atomic mass is 9.82. The molecule has 2 heterocycles. The number of alkyl halides is 7. The molecule has 0 saturated heterocycles. The molecule has 0 bridgehead atoms. The third kappa shape index (κ3) is 5.58. The van der Waals surface area contributed by atoms with Crippen LogP contribution in [0.5, 0.6) is 0 Å². The third-order valence-electron chi connectivity index (χ3n) is 6.35. The lowest BCUT2D eigenvalue weighted by Crippen LogP contribution is -2.67. The molecule has 2 fully saturated rings. The first-order chi connectivity index (χ1) is 15.7. The maximum absolute atomic E-state index is 13.7. The summed E-state index contributed by atoms with van der Waals surface area (Å²) in [4.78, 5) is 16.0. The van der Waals surface area contributed by atoms with Crippen molar-refractivity contribution in [2.45, 2.75) is 81.2 Å². The van der Waals surface area contributed by atoms with Crippen molar-refractivity contribution in [3.05, 3.63) is 23.8 Å². The Balaban J connectivity index is 1.66. The molecule has 1 aliphatic heterocycles. The first-order valence-corrected chi connectivity index (χ1v) is 10.9. The Hall–Kier alpha value is -2.51. The molecule has 188 valence electrons. The van der Waals surface area contributed by atoms with Gasteiger partial charge in [0.25, 0.3) is 0 Å². The molecule has 0 aromatic carbocycles. The van der Waals surface area contributed by atoms with Gasteiger partial charge in [0.15, 0.2) is 23.4 Å². The minimum Gasteiger partial charge on any atom is -0.319 e. The number of aliphatic imine (C=N–C) groups is 2. The summed E-state index contributed by atoms with van der Waals surface area (Å²) >= 11 is 0. The van der Waals surface area contributed by atoms with Gasteiger partial charge in [-0.05, 0) is 31.7 Å². The fourth-order valence-electron chi connectivity index (χ4n) is 4.39. The zero-order chi connectivity index (χ0) is 24.8. The van der Waals surface area contributed by atoms with E-state index in [1.807, 2.05) is 0 Å². The van der Waals surface area contributed by atoms with Crippen LogP contribution in [0.1, 0.15) is 62.9 Å². The van der Waals surface area contributed by atoms with E-state index in [1.54, 1.807) is 0 Å². The second-order valence-corrected chi connectivity index (χ2v) is 8.99. The number of nitrogens with zero attached hydrogens (tertiary/aromatic N) is 4. The highest BCUT2D eigenvalue weighted by Gasteiger charge is 2.46. The number of rotatable bonds is 3. The van der Waals surface area contributed by atoms with Crippen LogP contribution in [0.3, 0.4) is 0 Å². The molecule has 2 aliphatic carbocycles. The van der Waals surface area contributed by atoms with Crippen LogP contribution in [-0.4, -0.2) is 45.4 Å². The van der Waals surface area contributed by atoms with Gasteiger partial charge in [0.05, 0.1) is 6.04 Å². The van der Waals surface area contributed by atoms with E-state index in [2.05, 4.69) is 30.6 Å². The number of aromatic nitrogens is 2. The number of guanidine groups is 1. The first kappa shape index (κ1) is 24.6. The van der Waals surface area contributed by atoms with E-state index >= 15 is 0 Å². The van der Waals surface area contributed by atoms with Crippen molar-refractivity contribution in [2.75, 3.05) is 0 Å². The van der Waals surface area contributed by atoms with Crippen molar-refractivity contribution in [2.24, 2.45) is 21.6 Å². The minimum atomic E-state index is -4.73. The van der Waals surface area contributed by atoms with Gasteiger partial charge >= 0.3 is 6.18 Å². The van der Waals surface area contributed by atoms with E-state index in [9.17, 15) is 30.7 Å². The van der Waals surface area contributed by atoms with E-state index in [0.717, 1.165) is 6.20 Å². The van der Waals surface area contributed by atoms with Crippen molar-refractivity contribution in [3.63, 3.8) is 0 Å². The minimum absolute atomic E-state index is 0.000983. The first-order valence-electron chi connectivity index (χ1n) is 10.9. The fraction of sp³-hybridized carbons (Fsp3) is 0.700. The fourth-order valence-corrected chi connectivity index (χ4v) is 4.39. The highest BCUT2D eigenvalue weighted by molar-refractivity contribution is 6.08. The molecular weight excluding hydrogens is 471 g/mol. The van der Waals surface area contributed by atoms with Crippen molar-refractivity contribution >= 4 is 11.8 Å². The quantitative estimate of drug-likeness (QED) is 0.554. The predicted molar refractivity (Wildman–Crippen MR) is 108 cm³/mol. The van der Waals surface area contributed by atoms with Crippen LogP contribution in [0.25, 0.3) is 0 Å². The summed E-state index contributed by atoms with van der Waals surface area (Å²) in [5.41, 5.74) is 5.25. The van der Waals surface area contributed by atoms with Crippen LogP contribution < -0.4 is 16.4 Å². The summed E-state index contributed by atoms with van der Waals surface area (Å²) in [5.74, 6) is -8.49. The molecule has 0 radical (unpaired) electrons. The zero-order valence-corrected chi connectivity index (χ0v) is 18.0. The van der Waals surface area contributed by atoms with Crippen molar-refractivity contribution in [1.82, 2.24) is 20.6 Å². The molecule has 2 saturated carbocycles. The highest BCUT2D eigenvalue weighted by Crippen LogP contribution is 2.40. The summed E-state index contributed by atoms with van der Waals surface area (Å²) in [5, 5.41) is 5.57. The number of amidine groups is 1. The Morgan fingerprint density at radius 2 is 1.56 bits per heavy atom. The monoisotopic (exact) mass is 495 g/mol. The van der Waals surface area contributed by atoms with Crippen LogP contribution in [0.15, 0.2) is 22.2 Å². The van der Waals surface area contributed by atoms with Gasteiger partial charge in [-0.1, -0.05) is 0 Å². The lowest BCUT2D eigenvalue weighted by Gasteiger charge is -2.42. The summed E-state index contributed by atoms with van der Waals surface area (Å²) in [6.07, 6.45) is -5.13. The normalized spacial score (nSPS) is 29.3. The van der Waals surface area contributed by atoms with E-state index in [1.165, 1.54) is 0 Å². The second-order valence-electron chi connectivity index (χ2n) is 8.99. The number of nitrogens with two attached hydrogens (primary N) is 1. The standard InChI is InChI=1S/C20H24F7N7/c21-17(22)6-1-11(2-7-17)20(28)33-15(14-29-10-5-13(31-14)19(25,26)27)32-16(34-20)30-12-3-8-18(23,24)9-4-12/h5,10-12H,1-4,6-9,28H2,(H2,30,32,33,34). The van der Waals surface area contributed by atoms with Crippen LogP contribution in [0.4, 0.5) is 30.7 Å². The van der Waals surface area contributed by atoms with Gasteiger partial charge in [-0.3, -0.25) is 5.73 Å². The Labute approximate surface area is 190 Å². The Bertz CT molecular complexity index is 958. The average molecular weight is 495 g/mol. The van der Waals surface area contributed by atoms with Crippen LogP contribution in [0.2, 0.25) is 0 Å². The average Bonchev–Trinajstić information content (AvgIpc) is 2.74. The van der Waals surface area contributed by atoms with Crippen molar-refractivity contribution < 1.29 is 30.7 Å². The molecule has 4 N–H and O–H groups in total. The summed E-state index contributed by atoms with van der Waals surface area (Å²) in [7, 11) is 0. The van der Waals surface area contributed by atoms with Gasteiger partial charge in [-0.15, -0.1) is 0 Å². The molecule has 1 aromatic rings. The second kappa shape index (κ2) is 8.61. The predicted octanol–water partition coefficient (Wildman–Crippen LogP) is 3.81. The van der Waals surface area contributed by atoms with Gasteiger partial charge in [0, 0.05) is 37.8 Å². The Kier molecular flexibility index (Phi) is 6.23. The van der Waals surface area contributed by atoms with Gasteiger partial charge < -0.3 is 10.6 Å². The van der Waals surface area contributed by atoms with Crippen LogP contribution in [-0.2, 0) is 6.18 Å². The highest BCUT2D eigenvalue weighted by atomic mass is 19.4. The van der Waals surface area contributed by atoms with E-state index < -0.39 is 60.1 Å². The largest absolute Gasteiger partial charge is 0.433 e. The van der Waals surface area contributed by atoms with Gasteiger partial charge in [-0.2, -0.15) is 13.2 Å². The van der Waals surface area contributed by atoms with Gasteiger partial charge in [0.2, 0.25) is 11.8 Å². The number of nitrogens with one attached hydrogen (secondary N) is 2. The molecule has 0 spiro atoms. The van der Waals surface area contributed by atoms with Crippen LogP contribution in [0, 0.1) is 5.92 Å². The van der Waals surface area contributed by atoms with Crippen LogP contribution >= 0.6 is 0 Å². The summed E-state index contributed by atoms with van der Waals surface area (Å²) < 4.78 is 93.9. The third-order valence-corrected chi connectivity index (χ3v) is 6.35. The maximum Gasteiger partial charge on any atom is 0.433 e. The van der Waals surface area contributed by atoms with Gasteiger partial charge in [0.1, 0.15) is 5.69 Å². The molecule has 14 heteroatoms. The maximum atomic E-state index is 13.7. The summed E-state index contributed by atoms with van der Waals surface area (Å²) in [6, 6.07) is 0.206. The topological polar surface area (TPSA) is 101 Å². The smallest absolute Gasteiger partial charge is 0.319 e. The van der Waals surface area contributed by atoms with Crippen molar-refractivity contribution in [1.29, 1.82) is 0 Å². The molecular formula is C20H24F7N7. The number of halogens is 7. The molecule has 34 heavy (non-hydrogen) atoms. The molecule has 7 nitrogen and oxygen atoms in total. The SMILES string of the molecule is NC1(C2CCC(F)(F)CC2)N=C(c2nccc(C(F)(F)F)n2)NC(=NC2CCC(F)(F)CC2)N1. The lowest BCUT2D eigenvalue weighted by molar-refractivity contribution is -0.141. The Morgan fingerprint density at radius 3 is 2.15 bits per heavy atom. The molecule has 1 atom stereocenters. The number of hydrogen-bond donors (Lipinski definition) is 3. The molecule has 4 rings (SSSR count). The molecule has 3 aliphatic rings. The molecule has 1 aromatic heterocycles. The zero-order valence-electron chi connectivity index (χ0n) is 18.0. The van der Waals surface area contributed by atoms with E-state index in [0.29, 0.717) is 6.07 Å².